The van der Waals surface area contributed by atoms with Crippen molar-refractivity contribution in [3.8, 4) is 0 Å². The van der Waals surface area contributed by atoms with Crippen LogP contribution in [0.3, 0.4) is 0 Å². The molecule has 0 heterocycles. The van der Waals surface area contributed by atoms with Gasteiger partial charge in [-0.2, -0.15) is 0 Å². The molecule has 0 amide bonds. The fourth-order valence-electron chi connectivity index (χ4n) is 1.77. The van der Waals surface area contributed by atoms with Gasteiger partial charge >= 0.3 is 0 Å². The Labute approximate surface area is 104 Å². The van der Waals surface area contributed by atoms with Crippen molar-refractivity contribution in [2.75, 3.05) is 20.1 Å². The monoisotopic (exact) mass is 234 g/mol. The van der Waals surface area contributed by atoms with E-state index in [0.29, 0.717) is 13.0 Å². The molecule has 3 N–H and O–H groups in total. The highest BCUT2D eigenvalue weighted by molar-refractivity contribution is 5.16. The molecular weight excluding hydrogens is 212 g/mol. The Balaban J connectivity index is 2.41. The molecular formula is C14H22N2O. The molecule has 0 aliphatic carbocycles. The molecule has 3 heteroatoms. The zero-order valence-corrected chi connectivity index (χ0v) is 10.4. The Morgan fingerprint density at radius 1 is 1.41 bits per heavy atom. The average molecular weight is 234 g/mol. The topological polar surface area (TPSA) is 49.5 Å². The van der Waals surface area contributed by atoms with Crippen molar-refractivity contribution >= 4 is 0 Å². The molecule has 0 radical (unpaired) electrons. The van der Waals surface area contributed by atoms with Gasteiger partial charge in [-0.25, -0.2) is 0 Å². The quantitative estimate of drug-likeness (QED) is 0.693. The molecule has 1 aromatic rings. The second kappa shape index (κ2) is 7.22. The number of nitrogens with two attached hydrogens (primary N) is 1. The smallest absolute Gasteiger partial charge is 0.0820 e. The first-order valence-electron chi connectivity index (χ1n) is 5.90. The summed E-state index contributed by atoms with van der Waals surface area (Å²) in [7, 11) is 1.94. The van der Waals surface area contributed by atoms with Crippen molar-refractivity contribution in [1.82, 2.24) is 4.90 Å². The minimum atomic E-state index is -0.514. The molecule has 1 aromatic carbocycles. The van der Waals surface area contributed by atoms with Gasteiger partial charge in [0.15, 0.2) is 0 Å². The lowest BCUT2D eigenvalue weighted by Gasteiger charge is -2.23. The zero-order valence-electron chi connectivity index (χ0n) is 10.4. The first-order valence-corrected chi connectivity index (χ1v) is 5.90. The molecule has 0 unspecified atom stereocenters. The van der Waals surface area contributed by atoms with Gasteiger partial charge in [0.25, 0.3) is 0 Å². The normalized spacial score (nSPS) is 14.6. The van der Waals surface area contributed by atoms with Crippen LogP contribution in [-0.4, -0.2) is 42.3 Å². The standard InChI is InChI=1S/C14H22N2O/c1-3-9-16(2)11-14(17)13(15)10-12-7-5-4-6-8-12/h3-8,13-14,17H,1,9-11,15H2,2H3/t13-,14+/m0/s1. The molecule has 1 rings (SSSR count). The number of nitrogens with zero attached hydrogens (tertiary/aromatic N) is 1. The Kier molecular flexibility index (Phi) is 5.91. The molecule has 3 nitrogen and oxygen atoms in total. The summed E-state index contributed by atoms with van der Waals surface area (Å²) in [6.07, 6.45) is 2.00. The van der Waals surface area contributed by atoms with Gasteiger partial charge in [-0.05, 0) is 19.0 Å². The summed E-state index contributed by atoms with van der Waals surface area (Å²) in [4.78, 5) is 2.00. The van der Waals surface area contributed by atoms with Crippen LogP contribution >= 0.6 is 0 Å². The third-order valence-electron chi connectivity index (χ3n) is 2.75. The van der Waals surface area contributed by atoms with Crippen molar-refractivity contribution in [3.63, 3.8) is 0 Å². The Morgan fingerprint density at radius 3 is 2.65 bits per heavy atom. The van der Waals surface area contributed by atoms with E-state index in [2.05, 4.69) is 6.58 Å². The molecule has 0 aliphatic heterocycles. The van der Waals surface area contributed by atoms with Crippen molar-refractivity contribution in [3.05, 3.63) is 48.6 Å². The van der Waals surface area contributed by atoms with E-state index in [-0.39, 0.29) is 6.04 Å². The Morgan fingerprint density at radius 2 is 2.06 bits per heavy atom. The number of rotatable bonds is 7. The lowest BCUT2D eigenvalue weighted by molar-refractivity contribution is 0.106. The molecule has 0 bridgehead atoms. The van der Waals surface area contributed by atoms with Crippen molar-refractivity contribution < 1.29 is 5.11 Å². The second-order valence-corrected chi connectivity index (χ2v) is 4.43. The molecule has 0 aromatic heterocycles. The first-order chi connectivity index (χ1) is 8.13. The number of aliphatic hydroxyl groups excluding tert-OH is 1. The minimum absolute atomic E-state index is 0.232. The number of hydrogen-bond acceptors (Lipinski definition) is 3. The summed E-state index contributed by atoms with van der Waals surface area (Å²) >= 11 is 0. The third-order valence-corrected chi connectivity index (χ3v) is 2.75. The van der Waals surface area contributed by atoms with Crippen LogP contribution in [0, 0.1) is 0 Å². The Hall–Kier alpha value is -1.16. The van der Waals surface area contributed by atoms with Crippen LogP contribution in [-0.2, 0) is 6.42 Å². The highest BCUT2D eigenvalue weighted by Crippen LogP contribution is 2.05. The SMILES string of the molecule is C=CCN(C)C[C@@H](O)[C@@H](N)Cc1ccccc1. The van der Waals surface area contributed by atoms with Crippen LogP contribution in [0.1, 0.15) is 5.56 Å². The van der Waals surface area contributed by atoms with E-state index in [1.54, 1.807) is 0 Å². The van der Waals surface area contributed by atoms with Gasteiger partial charge in [-0.3, -0.25) is 0 Å². The zero-order chi connectivity index (χ0) is 12.7. The Bertz CT molecular complexity index is 326. The van der Waals surface area contributed by atoms with E-state index in [0.717, 1.165) is 12.1 Å². The number of aliphatic hydroxyl groups is 1. The van der Waals surface area contributed by atoms with Gasteiger partial charge < -0.3 is 15.7 Å². The van der Waals surface area contributed by atoms with Gasteiger partial charge in [0, 0.05) is 19.1 Å². The van der Waals surface area contributed by atoms with Gasteiger partial charge in [0.1, 0.15) is 0 Å². The van der Waals surface area contributed by atoms with E-state index in [9.17, 15) is 5.11 Å². The predicted molar refractivity (Wildman–Crippen MR) is 71.8 cm³/mol. The predicted octanol–water partition coefficient (Wildman–Crippen LogP) is 1.04. The lowest BCUT2D eigenvalue weighted by atomic mass is 10.0. The van der Waals surface area contributed by atoms with E-state index >= 15 is 0 Å². The largest absolute Gasteiger partial charge is 0.390 e. The summed E-state index contributed by atoms with van der Waals surface area (Å²) < 4.78 is 0. The summed E-state index contributed by atoms with van der Waals surface area (Å²) in [6, 6.07) is 9.77. The van der Waals surface area contributed by atoms with E-state index in [1.807, 2.05) is 48.4 Å². The highest BCUT2D eigenvalue weighted by atomic mass is 16.3. The highest BCUT2D eigenvalue weighted by Gasteiger charge is 2.16. The van der Waals surface area contributed by atoms with E-state index in [1.165, 1.54) is 0 Å². The van der Waals surface area contributed by atoms with Gasteiger partial charge in [-0.1, -0.05) is 36.4 Å². The van der Waals surface area contributed by atoms with Crippen LogP contribution in [0.4, 0.5) is 0 Å². The fourth-order valence-corrected chi connectivity index (χ4v) is 1.77. The second-order valence-electron chi connectivity index (χ2n) is 4.43. The molecule has 2 atom stereocenters. The van der Waals surface area contributed by atoms with E-state index < -0.39 is 6.10 Å². The maximum Gasteiger partial charge on any atom is 0.0820 e. The van der Waals surface area contributed by atoms with Crippen LogP contribution in [0.15, 0.2) is 43.0 Å². The molecule has 0 aliphatic rings. The fraction of sp³-hybridized carbons (Fsp3) is 0.429. The molecule has 0 saturated heterocycles. The van der Waals surface area contributed by atoms with Gasteiger partial charge in [-0.15, -0.1) is 6.58 Å². The van der Waals surface area contributed by atoms with E-state index in [4.69, 9.17) is 5.73 Å². The van der Waals surface area contributed by atoms with Crippen LogP contribution < -0.4 is 5.73 Å². The minimum Gasteiger partial charge on any atom is -0.390 e. The molecule has 0 spiro atoms. The summed E-state index contributed by atoms with van der Waals surface area (Å²) in [5, 5.41) is 9.98. The summed E-state index contributed by atoms with van der Waals surface area (Å²) in [5.41, 5.74) is 7.15. The third kappa shape index (κ3) is 5.13. The average Bonchev–Trinajstić information content (AvgIpc) is 2.30. The van der Waals surface area contributed by atoms with Gasteiger partial charge in [0.05, 0.1) is 6.10 Å². The number of hydrogen-bond donors (Lipinski definition) is 2. The summed E-state index contributed by atoms with van der Waals surface area (Å²) in [6.45, 7) is 4.99. The molecule has 94 valence electrons. The molecule has 0 saturated carbocycles. The van der Waals surface area contributed by atoms with Gasteiger partial charge in [0.2, 0.25) is 0 Å². The molecule has 17 heavy (non-hydrogen) atoms. The maximum atomic E-state index is 9.98. The van der Waals surface area contributed by atoms with Crippen LogP contribution in [0.2, 0.25) is 0 Å². The number of likely N-dealkylation sites (N-methyl/N-ethyl adjacent to an activating group) is 1. The van der Waals surface area contributed by atoms with Crippen LogP contribution in [0.5, 0.6) is 0 Å². The lowest BCUT2D eigenvalue weighted by Crippen LogP contribution is -2.43. The first kappa shape index (κ1) is 13.9. The van der Waals surface area contributed by atoms with Crippen LogP contribution in [0.25, 0.3) is 0 Å². The molecule has 0 fully saturated rings. The number of benzene rings is 1. The summed E-state index contributed by atoms with van der Waals surface area (Å²) in [5.74, 6) is 0. The van der Waals surface area contributed by atoms with Crippen molar-refractivity contribution in [2.45, 2.75) is 18.6 Å². The van der Waals surface area contributed by atoms with Crippen molar-refractivity contribution in [2.24, 2.45) is 5.73 Å². The van der Waals surface area contributed by atoms with Crippen molar-refractivity contribution in [1.29, 1.82) is 0 Å². The maximum absolute atomic E-state index is 9.98.